The first-order valence-corrected chi connectivity index (χ1v) is 7.39. The highest BCUT2D eigenvalue weighted by molar-refractivity contribution is 5.91. The van der Waals surface area contributed by atoms with Gasteiger partial charge in [-0.1, -0.05) is 18.2 Å². The molecule has 0 radical (unpaired) electrons. The third kappa shape index (κ3) is 1.50. The Kier molecular flexibility index (Phi) is 2.34. The van der Waals surface area contributed by atoms with Crippen LogP contribution in [0.25, 0.3) is 33.4 Å². The molecular weight excluding hydrogens is 302 g/mol. The summed E-state index contributed by atoms with van der Waals surface area (Å²) < 4.78 is 3.27. The summed E-state index contributed by atoms with van der Waals surface area (Å²) in [7, 11) is 0. The van der Waals surface area contributed by atoms with Crippen molar-refractivity contribution in [3.63, 3.8) is 0 Å². The Labute approximate surface area is 134 Å². The molecule has 0 aliphatic rings. The van der Waals surface area contributed by atoms with E-state index in [0.29, 0.717) is 27.9 Å². The lowest BCUT2D eigenvalue weighted by Gasteiger charge is -2.06. The molecule has 4 heterocycles. The van der Waals surface area contributed by atoms with Crippen molar-refractivity contribution in [2.45, 2.75) is 0 Å². The summed E-state index contributed by atoms with van der Waals surface area (Å²) in [5.41, 5.74) is 3.31. The summed E-state index contributed by atoms with van der Waals surface area (Å²) in [5, 5.41) is 9.89. The highest BCUT2D eigenvalue weighted by Crippen LogP contribution is 2.23. The van der Waals surface area contributed by atoms with Crippen LogP contribution in [-0.4, -0.2) is 18.8 Å². The van der Waals surface area contributed by atoms with E-state index in [1.54, 1.807) is 28.8 Å². The van der Waals surface area contributed by atoms with Crippen molar-refractivity contribution in [1.82, 2.24) is 18.8 Å². The number of hydrogen-bond donors (Lipinski definition) is 0. The van der Waals surface area contributed by atoms with E-state index in [1.165, 1.54) is 4.40 Å². The van der Waals surface area contributed by atoms with E-state index in [4.69, 9.17) is 0 Å². The molecule has 112 valence electrons. The highest BCUT2D eigenvalue weighted by atomic mass is 16.1. The Balaban J connectivity index is 2.18. The van der Waals surface area contributed by atoms with E-state index in [2.05, 4.69) is 16.0 Å². The predicted molar refractivity (Wildman–Crippen MR) is 89.9 cm³/mol. The van der Waals surface area contributed by atoms with Gasteiger partial charge in [-0.15, -0.1) is 0 Å². The molecule has 0 atom stereocenters. The van der Waals surface area contributed by atoms with E-state index in [1.807, 2.05) is 30.3 Å². The van der Waals surface area contributed by atoms with Crippen molar-refractivity contribution < 1.29 is 0 Å². The van der Waals surface area contributed by atoms with E-state index in [9.17, 15) is 10.1 Å². The summed E-state index contributed by atoms with van der Waals surface area (Å²) in [6.45, 7) is 0. The summed E-state index contributed by atoms with van der Waals surface area (Å²) in [6.07, 6.45) is 1.67. The number of benzene rings is 1. The largest absolute Gasteiger partial charge is 0.275 e. The second-order valence-electron chi connectivity index (χ2n) is 5.51. The first-order chi connectivity index (χ1) is 11.8. The van der Waals surface area contributed by atoms with E-state index < -0.39 is 0 Å². The van der Waals surface area contributed by atoms with Crippen LogP contribution in [0, 0.1) is 11.3 Å². The molecule has 4 aromatic heterocycles. The zero-order chi connectivity index (χ0) is 16.3. The van der Waals surface area contributed by atoms with Crippen molar-refractivity contribution >= 4 is 33.4 Å². The van der Waals surface area contributed by atoms with Gasteiger partial charge in [0.25, 0.3) is 5.56 Å². The number of rotatable bonds is 0. The first-order valence-electron chi connectivity index (χ1n) is 7.39. The number of para-hydroxylation sites is 2. The van der Waals surface area contributed by atoms with Gasteiger partial charge in [-0.3, -0.25) is 13.6 Å². The van der Waals surface area contributed by atoms with Crippen LogP contribution in [-0.2, 0) is 0 Å². The molecule has 0 fully saturated rings. The Morgan fingerprint density at radius 1 is 1.00 bits per heavy atom. The van der Waals surface area contributed by atoms with Crippen LogP contribution < -0.4 is 5.56 Å². The molecule has 0 amide bonds. The molecule has 0 bridgehead atoms. The number of nitrogens with zero attached hydrogens (tertiary/aromatic N) is 5. The van der Waals surface area contributed by atoms with Gasteiger partial charge in [-0.05, 0) is 30.3 Å². The molecule has 0 N–H and O–H groups in total. The van der Waals surface area contributed by atoms with Crippen molar-refractivity contribution in [2.75, 3.05) is 0 Å². The minimum absolute atomic E-state index is 0.202. The van der Waals surface area contributed by atoms with Crippen LogP contribution >= 0.6 is 0 Å². The fourth-order valence-electron chi connectivity index (χ4n) is 3.10. The Morgan fingerprint density at radius 2 is 1.83 bits per heavy atom. The van der Waals surface area contributed by atoms with Crippen LogP contribution in [0.15, 0.2) is 59.5 Å². The fraction of sp³-hybridized carbons (Fsp3) is 0. The maximum absolute atomic E-state index is 12.8. The summed E-state index contributed by atoms with van der Waals surface area (Å²) in [6, 6.07) is 16.7. The van der Waals surface area contributed by atoms with Gasteiger partial charge in [0.15, 0.2) is 11.3 Å². The number of hydrogen-bond acceptors (Lipinski definition) is 4. The molecule has 0 aliphatic heterocycles. The quantitative estimate of drug-likeness (QED) is 0.412. The molecular formula is C18H9N5O. The van der Waals surface area contributed by atoms with Gasteiger partial charge in [0.1, 0.15) is 11.7 Å². The Bertz CT molecular complexity index is 1390. The van der Waals surface area contributed by atoms with Gasteiger partial charge in [0, 0.05) is 6.20 Å². The van der Waals surface area contributed by atoms with Crippen molar-refractivity contribution in [1.29, 1.82) is 5.26 Å². The molecule has 0 saturated carbocycles. The van der Waals surface area contributed by atoms with Crippen LogP contribution in [0.2, 0.25) is 0 Å². The number of fused-ring (bicyclic) bond motifs is 6. The standard InChI is InChI=1S/C18H9N5O/c19-10-11-9-12-17(21-15-7-3-4-8-22(15)18(12)24)23-14-6-2-1-5-13(14)20-16(11)23/h1-9H. The minimum atomic E-state index is -0.202. The number of pyridine rings is 2. The average molecular weight is 311 g/mol. The van der Waals surface area contributed by atoms with Crippen LogP contribution in [0.1, 0.15) is 5.56 Å². The predicted octanol–water partition coefficient (Wildman–Crippen LogP) is 2.52. The third-order valence-corrected chi connectivity index (χ3v) is 4.17. The summed E-state index contributed by atoms with van der Waals surface area (Å²) in [5.74, 6) is 0. The first kappa shape index (κ1) is 12.8. The molecule has 6 nitrogen and oxygen atoms in total. The zero-order valence-electron chi connectivity index (χ0n) is 12.3. The average Bonchev–Trinajstić information content (AvgIpc) is 3.01. The lowest BCUT2D eigenvalue weighted by atomic mass is 10.2. The van der Waals surface area contributed by atoms with Crippen LogP contribution in [0.5, 0.6) is 0 Å². The summed E-state index contributed by atoms with van der Waals surface area (Å²) >= 11 is 0. The third-order valence-electron chi connectivity index (χ3n) is 4.17. The molecule has 5 aromatic rings. The van der Waals surface area contributed by atoms with Gasteiger partial charge in [0.2, 0.25) is 0 Å². The van der Waals surface area contributed by atoms with Crippen molar-refractivity contribution in [3.8, 4) is 6.07 Å². The Hall–Kier alpha value is -3.72. The molecule has 0 saturated heterocycles. The highest BCUT2D eigenvalue weighted by Gasteiger charge is 2.16. The van der Waals surface area contributed by atoms with Gasteiger partial charge in [-0.2, -0.15) is 5.26 Å². The lowest BCUT2D eigenvalue weighted by molar-refractivity contribution is 1.06. The fourth-order valence-corrected chi connectivity index (χ4v) is 3.10. The molecule has 0 unspecified atom stereocenters. The molecule has 0 aliphatic carbocycles. The second-order valence-corrected chi connectivity index (χ2v) is 5.51. The maximum atomic E-state index is 12.8. The summed E-state index contributed by atoms with van der Waals surface area (Å²) in [4.78, 5) is 22.0. The molecule has 6 heteroatoms. The smallest absolute Gasteiger partial charge is 0.267 e. The maximum Gasteiger partial charge on any atom is 0.267 e. The zero-order valence-corrected chi connectivity index (χ0v) is 12.3. The van der Waals surface area contributed by atoms with E-state index >= 15 is 0 Å². The van der Waals surface area contributed by atoms with Crippen LogP contribution in [0.3, 0.4) is 0 Å². The van der Waals surface area contributed by atoms with Crippen molar-refractivity contribution in [3.05, 3.63) is 70.6 Å². The normalized spacial score (nSPS) is 11.5. The van der Waals surface area contributed by atoms with E-state index in [-0.39, 0.29) is 5.56 Å². The Morgan fingerprint density at radius 3 is 2.71 bits per heavy atom. The van der Waals surface area contributed by atoms with Crippen LogP contribution in [0.4, 0.5) is 0 Å². The minimum Gasteiger partial charge on any atom is -0.275 e. The SMILES string of the molecule is N#Cc1cc2c(=O)n3ccccc3nc2n2c1nc1ccccc12. The molecule has 24 heavy (non-hydrogen) atoms. The van der Waals surface area contributed by atoms with E-state index in [0.717, 1.165) is 11.0 Å². The number of aromatic nitrogens is 4. The van der Waals surface area contributed by atoms with Gasteiger partial charge in [0.05, 0.1) is 22.0 Å². The van der Waals surface area contributed by atoms with Gasteiger partial charge in [-0.25, -0.2) is 9.97 Å². The van der Waals surface area contributed by atoms with Crippen molar-refractivity contribution in [2.24, 2.45) is 0 Å². The second kappa shape index (κ2) is 4.40. The molecule has 1 aromatic carbocycles. The van der Waals surface area contributed by atoms with Gasteiger partial charge < -0.3 is 0 Å². The molecule has 0 spiro atoms. The monoisotopic (exact) mass is 311 g/mol. The number of imidazole rings is 1. The topological polar surface area (TPSA) is 75.5 Å². The number of nitriles is 1. The van der Waals surface area contributed by atoms with Gasteiger partial charge >= 0.3 is 0 Å². The lowest BCUT2D eigenvalue weighted by Crippen LogP contribution is -2.16. The molecule has 5 rings (SSSR count).